The van der Waals surface area contributed by atoms with Gasteiger partial charge in [-0.3, -0.25) is 0 Å². The first-order chi connectivity index (χ1) is 8.69. The van der Waals surface area contributed by atoms with Crippen molar-refractivity contribution in [3.05, 3.63) is 52.5 Å². The Hall–Kier alpha value is -1.52. The molecule has 0 amide bonds. The van der Waals surface area contributed by atoms with Crippen LogP contribution < -0.4 is 10.5 Å². The van der Waals surface area contributed by atoms with Gasteiger partial charge in [-0.15, -0.1) is 0 Å². The molecule has 2 aromatic carbocycles. The number of benzene rings is 2. The van der Waals surface area contributed by atoms with Crippen LogP contribution in [-0.4, -0.2) is 7.11 Å². The minimum atomic E-state index is 0.561. The number of rotatable bonds is 4. The summed E-state index contributed by atoms with van der Waals surface area (Å²) in [6.45, 7) is 0.561. The standard InChI is InChI=1S/C14H14BrNO2/c1-17-9-10-3-2-4-12(7-10)18-14-8-11(15)5-6-13(14)16/h2-8H,9,16H2,1H3. The van der Waals surface area contributed by atoms with Crippen molar-refractivity contribution in [3.63, 3.8) is 0 Å². The normalized spacial score (nSPS) is 10.3. The highest BCUT2D eigenvalue weighted by Crippen LogP contribution is 2.30. The van der Waals surface area contributed by atoms with Gasteiger partial charge in [0.2, 0.25) is 0 Å². The van der Waals surface area contributed by atoms with E-state index in [1.165, 1.54) is 0 Å². The van der Waals surface area contributed by atoms with Crippen LogP contribution in [0.15, 0.2) is 46.9 Å². The highest BCUT2D eigenvalue weighted by Gasteiger charge is 2.04. The number of halogens is 1. The molecule has 2 aromatic rings. The molecule has 0 aliphatic rings. The van der Waals surface area contributed by atoms with Gasteiger partial charge in [-0.1, -0.05) is 28.1 Å². The summed E-state index contributed by atoms with van der Waals surface area (Å²) in [6, 6.07) is 13.3. The number of hydrogen-bond acceptors (Lipinski definition) is 3. The molecule has 0 aliphatic heterocycles. The molecular formula is C14H14BrNO2. The third-order valence-corrected chi connectivity index (χ3v) is 2.91. The number of hydrogen-bond donors (Lipinski definition) is 1. The van der Waals surface area contributed by atoms with Crippen molar-refractivity contribution in [2.45, 2.75) is 6.61 Å². The fraction of sp³-hybridized carbons (Fsp3) is 0.143. The maximum atomic E-state index is 5.86. The Bertz CT molecular complexity index is 543. The molecule has 0 bridgehead atoms. The first kappa shape index (κ1) is 12.9. The lowest BCUT2D eigenvalue weighted by Crippen LogP contribution is -1.93. The topological polar surface area (TPSA) is 44.5 Å². The first-order valence-electron chi connectivity index (χ1n) is 5.50. The molecule has 94 valence electrons. The third-order valence-electron chi connectivity index (χ3n) is 2.41. The van der Waals surface area contributed by atoms with Crippen LogP contribution in [0, 0.1) is 0 Å². The Morgan fingerprint density at radius 1 is 1.17 bits per heavy atom. The van der Waals surface area contributed by atoms with Gasteiger partial charge in [0.1, 0.15) is 5.75 Å². The highest BCUT2D eigenvalue weighted by molar-refractivity contribution is 9.10. The second-order valence-electron chi connectivity index (χ2n) is 3.86. The largest absolute Gasteiger partial charge is 0.455 e. The van der Waals surface area contributed by atoms with Crippen LogP contribution in [0.4, 0.5) is 5.69 Å². The molecule has 0 saturated heterocycles. The van der Waals surface area contributed by atoms with Crippen molar-refractivity contribution in [1.29, 1.82) is 0 Å². The van der Waals surface area contributed by atoms with Crippen LogP contribution in [0.5, 0.6) is 11.5 Å². The fourth-order valence-electron chi connectivity index (χ4n) is 1.59. The fourth-order valence-corrected chi connectivity index (χ4v) is 1.93. The van der Waals surface area contributed by atoms with E-state index in [0.29, 0.717) is 18.0 Å². The smallest absolute Gasteiger partial charge is 0.151 e. The molecule has 18 heavy (non-hydrogen) atoms. The van der Waals surface area contributed by atoms with E-state index in [2.05, 4.69) is 15.9 Å². The highest BCUT2D eigenvalue weighted by atomic mass is 79.9. The van der Waals surface area contributed by atoms with Crippen LogP contribution in [0.1, 0.15) is 5.56 Å². The van der Waals surface area contributed by atoms with Gasteiger partial charge in [0, 0.05) is 11.6 Å². The second-order valence-corrected chi connectivity index (χ2v) is 4.78. The van der Waals surface area contributed by atoms with E-state index in [0.717, 1.165) is 15.8 Å². The van der Waals surface area contributed by atoms with E-state index in [-0.39, 0.29) is 0 Å². The Morgan fingerprint density at radius 3 is 2.78 bits per heavy atom. The number of nitrogens with two attached hydrogens (primary N) is 1. The SMILES string of the molecule is COCc1cccc(Oc2cc(Br)ccc2N)c1. The number of ether oxygens (including phenoxy) is 2. The van der Waals surface area contributed by atoms with Gasteiger partial charge in [-0.05, 0) is 35.9 Å². The average molecular weight is 308 g/mol. The molecule has 0 fully saturated rings. The summed E-state index contributed by atoms with van der Waals surface area (Å²) in [5, 5.41) is 0. The summed E-state index contributed by atoms with van der Waals surface area (Å²) < 4.78 is 11.8. The number of anilines is 1. The summed E-state index contributed by atoms with van der Waals surface area (Å²) >= 11 is 3.39. The van der Waals surface area contributed by atoms with Gasteiger partial charge in [0.05, 0.1) is 12.3 Å². The Morgan fingerprint density at radius 2 is 2.00 bits per heavy atom. The number of nitrogen functional groups attached to an aromatic ring is 1. The molecule has 0 aliphatic carbocycles. The molecule has 0 radical (unpaired) electrons. The number of methoxy groups -OCH3 is 1. The van der Waals surface area contributed by atoms with E-state index in [1.807, 2.05) is 36.4 Å². The summed E-state index contributed by atoms with van der Waals surface area (Å²) in [4.78, 5) is 0. The predicted octanol–water partition coefficient (Wildman–Crippen LogP) is 3.97. The second kappa shape index (κ2) is 5.89. The van der Waals surface area contributed by atoms with E-state index in [9.17, 15) is 0 Å². The molecule has 0 heterocycles. The van der Waals surface area contributed by atoms with Gasteiger partial charge in [0.25, 0.3) is 0 Å². The van der Waals surface area contributed by atoms with Crippen LogP contribution in [0.2, 0.25) is 0 Å². The van der Waals surface area contributed by atoms with Gasteiger partial charge in [-0.25, -0.2) is 0 Å². The van der Waals surface area contributed by atoms with Crippen molar-refractivity contribution in [2.24, 2.45) is 0 Å². The Labute approximate surface area is 115 Å². The van der Waals surface area contributed by atoms with Crippen LogP contribution in [0.25, 0.3) is 0 Å². The zero-order chi connectivity index (χ0) is 13.0. The van der Waals surface area contributed by atoms with E-state index in [1.54, 1.807) is 13.2 Å². The molecule has 0 spiro atoms. The predicted molar refractivity (Wildman–Crippen MR) is 75.8 cm³/mol. The molecular weight excluding hydrogens is 294 g/mol. The minimum Gasteiger partial charge on any atom is -0.455 e. The zero-order valence-electron chi connectivity index (χ0n) is 10.0. The summed E-state index contributed by atoms with van der Waals surface area (Å²) in [5.41, 5.74) is 7.53. The minimum absolute atomic E-state index is 0.561. The lowest BCUT2D eigenvalue weighted by molar-refractivity contribution is 0.184. The van der Waals surface area contributed by atoms with E-state index < -0.39 is 0 Å². The molecule has 0 saturated carbocycles. The first-order valence-corrected chi connectivity index (χ1v) is 6.29. The van der Waals surface area contributed by atoms with Gasteiger partial charge < -0.3 is 15.2 Å². The maximum absolute atomic E-state index is 5.86. The monoisotopic (exact) mass is 307 g/mol. The Kier molecular flexibility index (Phi) is 4.23. The lowest BCUT2D eigenvalue weighted by Gasteiger charge is -2.10. The molecule has 0 atom stereocenters. The molecule has 2 rings (SSSR count). The van der Waals surface area contributed by atoms with Crippen molar-refractivity contribution < 1.29 is 9.47 Å². The summed E-state index contributed by atoms with van der Waals surface area (Å²) in [5.74, 6) is 1.38. The molecule has 0 unspecified atom stereocenters. The van der Waals surface area contributed by atoms with Gasteiger partial charge in [-0.2, -0.15) is 0 Å². The van der Waals surface area contributed by atoms with Crippen LogP contribution >= 0.6 is 15.9 Å². The van der Waals surface area contributed by atoms with Crippen molar-refractivity contribution in [2.75, 3.05) is 12.8 Å². The summed E-state index contributed by atoms with van der Waals surface area (Å²) in [7, 11) is 1.67. The lowest BCUT2D eigenvalue weighted by atomic mass is 10.2. The Balaban J connectivity index is 2.22. The molecule has 0 aromatic heterocycles. The summed E-state index contributed by atoms with van der Waals surface area (Å²) in [6.07, 6.45) is 0. The van der Waals surface area contributed by atoms with Crippen molar-refractivity contribution in [1.82, 2.24) is 0 Å². The maximum Gasteiger partial charge on any atom is 0.151 e. The molecule has 4 heteroatoms. The van der Waals surface area contributed by atoms with Gasteiger partial charge in [0.15, 0.2) is 5.75 Å². The molecule has 3 nitrogen and oxygen atoms in total. The van der Waals surface area contributed by atoms with Gasteiger partial charge >= 0.3 is 0 Å². The third kappa shape index (κ3) is 3.24. The van der Waals surface area contributed by atoms with Crippen LogP contribution in [-0.2, 0) is 11.3 Å². The van der Waals surface area contributed by atoms with Crippen LogP contribution in [0.3, 0.4) is 0 Å². The average Bonchev–Trinajstić information content (AvgIpc) is 2.35. The molecule has 2 N–H and O–H groups in total. The van der Waals surface area contributed by atoms with Crippen molar-refractivity contribution >= 4 is 21.6 Å². The zero-order valence-corrected chi connectivity index (χ0v) is 11.6. The van der Waals surface area contributed by atoms with E-state index in [4.69, 9.17) is 15.2 Å². The van der Waals surface area contributed by atoms with Crippen molar-refractivity contribution in [3.8, 4) is 11.5 Å². The van der Waals surface area contributed by atoms with E-state index >= 15 is 0 Å². The quantitative estimate of drug-likeness (QED) is 0.869.